The van der Waals surface area contributed by atoms with Crippen LogP contribution in [0.2, 0.25) is 0 Å². The summed E-state index contributed by atoms with van der Waals surface area (Å²) in [4.78, 5) is 20.3. The Morgan fingerprint density at radius 1 is 1.17 bits per heavy atom. The smallest absolute Gasteiger partial charge is 0.251 e. The number of fused-ring (bicyclic) bond motifs is 1. The number of aryl methyl sites for hydroxylation is 1. The number of sulfonamides is 1. The molecule has 1 amide bonds. The summed E-state index contributed by atoms with van der Waals surface area (Å²) in [6, 6.07) is 12.2. The standard InChI is InChI=1S/C20H24N4O4S/c1-14-7-8-15(29(26,27)22-11-12-28-2)13-16(14)20(25)21-10-9-19-23-17-5-3-4-6-18(17)24-19/h3-8,13,22H,9-12H2,1-2H3,(H,21,25)(H,23,24). The van der Waals surface area contributed by atoms with Gasteiger partial charge in [0.05, 0.1) is 22.5 Å². The molecule has 0 aliphatic rings. The van der Waals surface area contributed by atoms with E-state index in [4.69, 9.17) is 4.74 Å². The monoisotopic (exact) mass is 416 g/mol. The van der Waals surface area contributed by atoms with Crippen molar-refractivity contribution >= 4 is 27.0 Å². The number of nitrogens with one attached hydrogen (secondary N) is 3. The van der Waals surface area contributed by atoms with E-state index in [1.807, 2.05) is 24.3 Å². The van der Waals surface area contributed by atoms with E-state index in [1.54, 1.807) is 13.0 Å². The molecule has 9 heteroatoms. The highest BCUT2D eigenvalue weighted by atomic mass is 32.2. The van der Waals surface area contributed by atoms with E-state index >= 15 is 0 Å². The lowest BCUT2D eigenvalue weighted by atomic mass is 10.1. The molecule has 8 nitrogen and oxygen atoms in total. The van der Waals surface area contributed by atoms with Gasteiger partial charge < -0.3 is 15.0 Å². The van der Waals surface area contributed by atoms with Gasteiger partial charge in [0, 0.05) is 32.2 Å². The summed E-state index contributed by atoms with van der Waals surface area (Å²) in [5, 5.41) is 2.83. The fraction of sp³-hybridized carbons (Fsp3) is 0.300. The number of carbonyl (C=O) groups excluding carboxylic acids is 1. The van der Waals surface area contributed by atoms with Gasteiger partial charge in [-0.05, 0) is 36.8 Å². The van der Waals surface area contributed by atoms with Crippen LogP contribution in [-0.4, -0.2) is 51.1 Å². The summed E-state index contributed by atoms with van der Waals surface area (Å²) in [6.07, 6.45) is 0.538. The molecule has 2 aromatic carbocycles. The number of carbonyl (C=O) groups is 1. The van der Waals surface area contributed by atoms with Crippen LogP contribution in [0.5, 0.6) is 0 Å². The Kier molecular flexibility index (Phi) is 6.63. The van der Waals surface area contributed by atoms with Crippen molar-refractivity contribution in [1.82, 2.24) is 20.0 Å². The Morgan fingerprint density at radius 3 is 2.72 bits per heavy atom. The fourth-order valence-corrected chi connectivity index (χ4v) is 3.93. The number of methoxy groups -OCH3 is 1. The molecule has 3 N–H and O–H groups in total. The van der Waals surface area contributed by atoms with E-state index in [1.165, 1.54) is 19.2 Å². The van der Waals surface area contributed by atoms with Crippen LogP contribution >= 0.6 is 0 Å². The van der Waals surface area contributed by atoms with Crippen molar-refractivity contribution in [3.63, 3.8) is 0 Å². The van der Waals surface area contributed by atoms with Crippen molar-refractivity contribution in [1.29, 1.82) is 0 Å². The number of amides is 1. The first-order valence-electron chi connectivity index (χ1n) is 9.22. The highest BCUT2D eigenvalue weighted by Crippen LogP contribution is 2.16. The predicted molar refractivity (Wildman–Crippen MR) is 110 cm³/mol. The van der Waals surface area contributed by atoms with Crippen LogP contribution in [0, 0.1) is 6.92 Å². The number of nitrogens with zero attached hydrogens (tertiary/aromatic N) is 1. The minimum atomic E-state index is -3.71. The molecule has 3 aromatic rings. The SMILES string of the molecule is COCCNS(=O)(=O)c1ccc(C)c(C(=O)NCCc2nc3ccccc3[nH]2)c1. The van der Waals surface area contributed by atoms with E-state index in [9.17, 15) is 13.2 Å². The summed E-state index contributed by atoms with van der Waals surface area (Å²) >= 11 is 0. The van der Waals surface area contributed by atoms with E-state index in [0.29, 0.717) is 24.1 Å². The zero-order chi connectivity index (χ0) is 20.9. The van der Waals surface area contributed by atoms with Gasteiger partial charge in [-0.25, -0.2) is 18.1 Å². The number of imidazole rings is 1. The Labute approximate surface area is 169 Å². The molecule has 1 aromatic heterocycles. The number of hydrogen-bond acceptors (Lipinski definition) is 5. The maximum absolute atomic E-state index is 12.6. The van der Waals surface area contributed by atoms with E-state index in [2.05, 4.69) is 20.0 Å². The van der Waals surface area contributed by atoms with Crippen LogP contribution in [0.25, 0.3) is 11.0 Å². The average Bonchev–Trinajstić information content (AvgIpc) is 3.11. The first-order valence-corrected chi connectivity index (χ1v) is 10.7. The second-order valence-corrected chi connectivity index (χ2v) is 8.34. The normalized spacial score (nSPS) is 11.7. The van der Waals surface area contributed by atoms with Gasteiger partial charge >= 0.3 is 0 Å². The Bertz CT molecular complexity index is 1080. The number of benzene rings is 2. The molecule has 0 atom stereocenters. The molecular formula is C20H24N4O4S. The first kappa shape index (κ1) is 21.0. The number of aromatic nitrogens is 2. The topological polar surface area (TPSA) is 113 Å². The van der Waals surface area contributed by atoms with E-state index in [0.717, 1.165) is 16.9 Å². The summed E-state index contributed by atoms with van der Waals surface area (Å²) in [6.45, 7) is 2.57. The van der Waals surface area contributed by atoms with Crippen molar-refractivity contribution in [2.24, 2.45) is 0 Å². The van der Waals surface area contributed by atoms with Crippen molar-refractivity contribution < 1.29 is 17.9 Å². The molecule has 0 saturated heterocycles. The fourth-order valence-electron chi connectivity index (χ4n) is 2.89. The third-order valence-electron chi connectivity index (χ3n) is 4.45. The molecule has 0 unspecified atom stereocenters. The molecule has 1 heterocycles. The summed E-state index contributed by atoms with van der Waals surface area (Å²) in [7, 11) is -2.21. The number of aromatic amines is 1. The molecular weight excluding hydrogens is 392 g/mol. The Hall–Kier alpha value is -2.75. The quantitative estimate of drug-likeness (QED) is 0.460. The zero-order valence-corrected chi connectivity index (χ0v) is 17.2. The molecule has 0 bridgehead atoms. The van der Waals surface area contributed by atoms with Crippen LogP contribution in [0.15, 0.2) is 47.4 Å². The minimum absolute atomic E-state index is 0.0432. The van der Waals surface area contributed by atoms with Crippen molar-refractivity contribution in [3.8, 4) is 0 Å². The highest BCUT2D eigenvalue weighted by Gasteiger charge is 2.17. The molecule has 0 aliphatic carbocycles. The van der Waals surface area contributed by atoms with Gasteiger partial charge in [-0.15, -0.1) is 0 Å². The zero-order valence-electron chi connectivity index (χ0n) is 16.4. The second-order valence-electron chi connectivity index (χ2n) is 6.57. The molecule has 0 saturated carbocycles. The maximum Gasteiger partial charge on any atom is 0.251 e. The Balaban J connectivity index is 1.65. The van der Waals surface area contributed by atoms with E-state index < -0.39 is 10.0 Å². The first-order chi connectivity index (χ1) is 13.9. The van der Waals surface area contributed by atoms with Crippen LogP contribution in [0.4, 0.5) is 0 Å². The highest BCUT2D eigenvalue weighted by molar-refractivity contribution is 7.89. The molecule has 0 radical (unpaired) electrons. The van der Waals surface area contributed by atoms with Crippen molar-refractivity contribution in [2.75, 3.05) is 26.8 Å². The van der Waals surface area contributed by atoms with Crippen LogP contribution < -0.4 is 10.0 Å². The summed E-state index contributed by atoms with van der Waals surface area (Å²) in [5.41, 5.74) is 2.85. The molecule has 29 heavy (non-hydrogen) atoms. The lowest BCUT2D eigenvalue weighted by Crippen LogP contribution is -2.29. The predicted octanol–water partition coefficient (Wildman–Crippen LogP) is 1.77. The Morgan fingerprint density at radius 2 is 1.97 bits per heavy atom. The van der Waals surface area contributed by atoms with Gasteiger partial charge in [0.1, 0.15) is 5.82 Å². The van der Waals surface area contributed by atoms with Gasteiger partial charge in [0.25, 0.3) is 5.91 Å². The lowest BCUT2D eigenvalue weighted by Gasteiger charge is -2.11. The van der Waals surface area contributed by atoms with Gasteiger partial charge in [0.15, 0.2) is 0 Å². The van der Waals surface area contributed by atoms with Crippen LogP contribution in [0.1, 0.15) is 21.7 Å². The third kappa shape index (κ3) is 5.20. The number of para-hydroxylation sites is 2. The number of ether oxygens (including phenoxy) is 1. The molecule has 3 rings (SSSR count). The third-order valence-corrected chi connectivity index (χ3v) is 5.91. The average molecular weight is 417 g/mol. The minimum Gasteiger partial charge on any atom is -0.383 e. The molecule has 0 fully saturated rings. The molecule has 0 aliphatic heterocycles. The van der Waals surface area contributed by atoms with Crippen LogP contribution in [0.3, 0.4) is 0 Å². The number of rotatable bonds is 9. The summed E-state index contributed by atoms with van der Waals surface area (Å²) < 4.78 is 32.0. The maximum atomic E-state index is 12.6. The van der Waals surface area contributed by atoms with Gasteiger partial charge in [-0.3, -0.25) is 4.79 Å². The van der Waals surface area contributed by atoms with Gasteiger partial charge in [0.2, 0.25) is 10.0 Å². The largest absolute Gasteiger partial charge is 0.383 e. The van der Waals surface area contributed by atoms with Gasteiger partial charge in [-0.2, -0.15) is 0 Å². The molecule has 154 valence electrons. The molecule has 0 spiro atoms. The van der Waals surface area contributed by atoms with Crippen molar-refractivity contribution in [3.05, 3.63) is 59.4 Å². The second kappa shape index (κ2) is 9.17. The van der Waals surface area contributed by atoms with Gasteiger partial charge in [-0.1, -0.05) is 18.2 Å². The number of hydrogen-bond donors (Lipinski definition) is 3. The van der Waals surface area contributed by atoms with Crippen LogP contribution in [-0.2, 0) is 21.2 Å². The summed E-state index contributed by atoms with van der Waals surface area (Å²) in [5.74, 6) is 0.453. The van der Waals surface area contributed by atoms with E-state index in [-0.39, 0.29) is 24.0 Å². The van der Waals surface area contributed by atoms with Crippen molar-refractivity contribution in [2.45, 2.75) is 18.2 Å². The number of H-pyrrole nitrogens is 1. The lowest BCUT2D eigenvalue weighted by molar-refractivity contribution is 0.0953.